The van der Waals surface area contributed by atoms with Crippen LogP contribution < -0.4 is 0 Å². The largest absolute Gasteiger partial charge is 0.276 e. The average molecular weight is 209 g/mol. The lowest BCUT2D eigenvalue weighted by Crippen LogP contribution is -1.69. The minimum atomic E-state index is 0.914. The van der Waals surface area contributed by atoms with E-state index in [9.17, 15) is 0 Å². The van der Waals surface area contributed by atoms with Crippen molar-refractivity contribution in [2.45, 2.75) is 41.5 Å². The average Bonchev–Trinajstić information content (AvgIpc) is 2.85. The monoisotopic (exact) mass is 209 g/mol. The molecule has 0 aliphatic rings. The van der Waals surface area contributed by atoms with Gasteiger partial charge in [0.15, 0.2) is 0 Å². The molecule has 0 bridgehead atoms. The summed E-state index contributed by atoms with van der Waals surface area (Å²) in [4.78, 5) is 4.05. The maximum absolute atomic E-state index is 4.05. The van der Waals surface area contributed by atoms with Crippen LogP contribution >= 0.6 is 0 Å². The zero-order valence-corrected chi connectivity index (χ0v) is 10.7. The summed E-state index contributed by atoms with van der Waals surface area (Å²) in [6, 6.07) is 3.82. The molecule has 0 aromatic carbocycles. The Bertz CT molecular complexity index is 285. The number of fused-ring (bicyclic) bond motifs is 1. The first-order valence-corrected chi connectivity index (χ1v) is 5.71. The summed E-state index contributed by atoms with van der Waals surface area (Å²) < 4.78 is 0. The fourth-order valence-corrected chi connectivity index (χ4v) is 0.778. The maximum atomic E-state index is 4.05. The van der Waals surface area contributed by atoms with Crippen LogP contribution in [-0.2, 0) is 0 Å². The SMILES string of the molecule is CC.CC.CC.c1cnc2cn[nH]c2c1. The molecule has 0 amide bonds. The van der Waals surface area contributed by atoms with Gasteiger partial charge in [-0.2, -0.15) is 5.10 Å². The van der Waals surface area contributed by atoms with E-state index in [-0.39, 0.29) is 0 Å². The minimum Gasteiger partial charge on any atom is -0.276 e. The molecular formula is C12H23N3. The van der Waals surface area contributed by atoms with Crippen LogP contribution in [0, 0.1) is 0 Å². The van der Waals surface area contributed by atoms with Crippen molar-refractivity contribution in [3.63, 3.8) is 0 Å². The second-order valence-corrected chi connectivity index (χ2v) is 1.81. The molecule has 2 aromatic rings. The van der Waals surface area contributed by atoms with E-state index in [1.165, 1.54) is 0 Å². The van der Waals surface area contributed by atoms with Crippen molar-refractivity contribution in [2.75, 3.05) is 0 Å². The molecule has 0 saturated heterocycles. The van der Waals surface area contributed by atoms with Gasteiger partial charge in [0.1, 0.15) is 5.52 Å². The topological polar surface area (TPSA) is 41.6 Å². The van der Waals surface area contributed by atoms with Crippen LogP contribution in [0.3, 0.4) is 0 Å². The quantitative estimate of drug-likeness (QED) is 0.711. The molecule has 0 atom stereocenters. The summed E-state index contributed by atoms with van der Waals surface area (Å²) in [6.45, 7) is 12.0. The molecule has 2 aromatic heterocycles. The third kappa shape index (κ3) is 5.83. The molecule has 0 spiro atoms. The lowest BCUT2D eigenvalue weighted by Gasteiger charge is -1.80. The Morgan fingerprint density at radius 1 is 1.00 bits per heavy atom. The highest BCUT2D eigenvalue weighted by atomic mass is 15.1. The third-order valence-electron chi connectivity index (χ3n) is 1.21. The molecule has 0 fully saturated rings. The highest BCUT2D eigenvalue weighted by Gasteiger charge is 1.89. The Morgan fingerprint density at radius 3 is 2.13 bits per heavy atom. The lowest BCUT2D eigenvalue weighted by atomic mass is 10.4. The molecule has 0 saturated carbocycles. The van der Waals surface area contributed by atoms with Gasteiger partial charge in [-0.3, -0.25) is 10.1 Å². The molecular weight excluding hydrogens is 186 g/mol. The summed E-state index contributed by atoms with van der Waals surface area (Å²) in [5.74, 6) is 0. The van der Waals surface area contributed by atoms with Crippen molar-refractivity contribution in [3.8, 4) is 0 Å². The van der Waals surface area contributed by atoms with Gasteiger partial charge in [0.25, 0.3) is 0 Å². The zero-order chi connectivity index (χ0) is 12.1. The first kappa shape index (κ1) is 16.1. The molecule has 15 heavy (non-hydrogen) atoms. The molecule has 2 heterocycles. The predicted octanol–water partition coefficient (Wildman–Crippen LogP) is 4.04. The number of nitrogens with one attached hydrogen (secondary N) is 1. The van der Waals surface area contributed by atoms with Gasteiger partial charge in [0, 0.05) is 6.20 Å². The minimum absolute atomic E-state index is 0.914. The van der Waals surface area contributed by atoms with Crippen molar-refractivity contribution in [2.24, 2.45) is 0 Å². The summed E-state index contributed by atoms with van der Waals surface area (Å²) in [5, 5.41) is 6.62. The van der Waals surface area contributed by atoms with Crippen LogP contribution in [0.1, 0.15) is 41.5 Å². The normalized spacial score (nSPS) is 7.33. The second kappa shape index (κ2) is 12.6. The van der Waals surface area contributed by atoms with Gasteiger partial charge in [-0.1, -0.05) is 41.5 Å². The van der Waals surface area contributed by atoms with Crippen molar-refractivity contribution < 1.29 is 0 Å². The first-order valence-electron chi connectivity index (χ1n) is 5.71. The fourth-order valence-electron chi connectivity index (χ4n) is 0.778. The van der Waals surface area contributed by atoms with E-state index in [0.29, 0.717) is 0 Å². The Balaban J connectivity index is 0. The van der Waals surface area contributed by atoms with Gasteiger partial charge in [-0.25, -0.2) is 0 Å². The summed E-state index contributed by atoms with van der Waals surface area (Å²) >= 11 is 0. The van der Waals surface area contributed by atoms with E-state index in [4.69, 9.17) is 0 Å². The Labute approximate surface area is 92.9 Å². The van der Waals surface area contributed by atoms with Crippen molar-refractivity contribution in [1.82, 2.24) is 15.2 Å². The van der Waals surface area contributed by atoms with Crippen LogP contribution in [0.4, 0.5) is 0 Å². The third-order valence-corrected chi connectivity index (χ3v) is 1.21. The van der Waals surface area contributed by atoms with Gasteiger partial charge in [-0.15, -0.1) is 0 Å². The second-order valence-electron chi connectivity index (χ2n) is 1.81. The van der Waals surface area contributed by atoms with Crippen LogP contribution in [-0.4, -0.2) is 15.2 Å². The number of pyridine rings is 1. The van der Waals surface area contributed by atoms with Crippen molar-refractivity contribution in [1.29, 1.82) is 0 Å². The lowest BCUT2D eigenvalue weighted by molar-refractivity contribution is 1.12. The van der Waals surface area contributed by atoms with Crippen molar-refractivity contribution >= 4 is 11.0 Å². The van der Waals surface area contributed by atoms with Gasteiger partial charge in [0.2, 0.25) is 0 Å². The van der Waals surface area contributed by atoms with Gasteiger partial charge in [0.05, 0.1) is 11.7 Å². The number of aromatic amines is 1. The highest BCUT2D eigenvalue weighted by molar-refractivity contribution is 5.72. The zero-order valence-electron chi connectivity index (χ0n) is 10.7. The van der Waals surface area contributed by atoms with Gasteiger partial charge >= 0.3 is 0 Å². The molecule has 3 heteroatoms. The van der Waals surface area contributed by atoms with E-state index in [1.54, 1.807) is 12.4 Å². The molecule has 0 unspecified atom stereocenters. The van der Waals surface area contributed by atoms with Crippen molar-refractivity contribution in [3.05, 3.63) is 24.5 Å². The number of hydrogen-bond donors (Lipinski definition) is 1. The molecule has 3 nitrogen and oxygen atoms in total. The number of H-pyrrole nitrogens is 1. The van der Waals surface area contributed by atoms with E-state index >= 15 is 0 Å². The van der Waals surface area contributed by atoms with E-state index < -0.39 is 0 Å². The summed E-state index contributed by atoms with van der Waals surface area (Å²) in [6.07, 6.45) is 3.45. The maximum Gasteiger partial charge on any atom is 0.108 e. The number of rotatable bonds is 0. The van der Waals surface area contributed by atoms with E-state index in [1.807, 2.05) is 53.7 Å². The summed E-state index contributed by atoms with van der Waals surface area (Å²) in [7, 11) is 0. The standard InChI is InChI=1S/C6H5N3.3C2H6/c1-2-5-6(7-3-1)4-8-9-5;3*1-2/h1-4H,(H,8,9);3*1-2H3. The Hall–Kier alpha value is -1.38. The van der Waals surface area contributed by atoms with E-state index in [2.05, 4.69) is 15.2 Å². The number of nitrogens with zero attached hydrogens (tertiary/aromatic N) is 2. The smallest absolute Gasteiger partial charge is 0.108 e. The Kier molecular flexibility index (Phi) is 13.5. The van der Waals surface area contributed by atoms with Crippen LogP contribution in [0.15, 0.2) is 24.5 Å². The van der Waals surface area contributed by atoms with Crippen LogP contribution in [0.5, 0.6) is 0 Å². The van der Waals surface area contributed by atoms with Crippen LogP contribution in [0.25, 0.3) is 11.0 Å². The molecule has 0 aliphatic carbocycles. The molecule has 0 radical (unpaired) electrons. The van der Waals surface area contributed by atoms with Gasteiger partial charge < -0.3 is 0 Å². The summed E-state index contributed by atoms with van der Waals surface area (Å²) in [5.41, 5.74) is 1.90. The molecule has 0 aliphatic heterocycles. The molecule has 86 valence electrons. The predicted molar refractivity (Wildman–Crippen MR) is 67.9 cm³/mol. The fraction of sp³-hybridized carbons (Fsp3) is 0.500. The van der Waals surface area contributed by atoms with E-state index in [0.717, 1.165) is 11.0 Å². The number of aromatic nitrogens is 3. The Morgan fingerprint density at radius 2 is 1.60 bits per heavy atom. The van der Waals surface area contributed by atoms with Gasteiger partial charge in [-0.05, 0) is 12.1 Å². The molecule has 2 rings (SSSR count). The highest BCUT2D eigenvalue weighted by Crippen LogP contribution is 2.02. The first-order chi connectivity index (χ1) is 7.47. The number of hydrogen-bond acceptors (Lipinski definition) is 2. The van der Waals surface area contributed by atoms with Crippen LogP contribution in [0.2, 0.25) is 0 Å². The molecule has 1 N–H and O–H groups in total.